The lowest BCUT2D eigenvalue weighted by atomic mass is 10.0. The van der Waals surface area contributed by atoms with Crippen LogP contribution in [0.15, 0.2) is 54.7 Å². The maximum absolute atomic E-state index is 13.5. The number of primary amides is 1. The van der Waals surface area contributed by atoms with Gasteiger partial charge in [-0.1, -0.05) is 12.1 Å². The number of fused-ring (bicyclic) bond motifs is 3. The van der Waals surface area contributed by atoms with Gasteiger partial charge in [0.25, 0.3) is 17.7 Å². The smallest absolute Gasteiger partial charge is 0.335 e. The molecule has 3 heterocycles. The lowest BCUT2D eigenvalue weighted by Gasteiger charge is -2.18. The molecule has 0 fully saturated rings. The van der Waals surface area contributed by atoms with Crippen LogP contribution < -0.4 is 26.4 Å². The van der Waals surface area contributed by atoms with Gasteiger partial charge >= 0.3 is 5.97 Å². The van der Waals surface area contributed by atoms with E-state index in [9.17, 15) is 29.1 Å². The number of anilines is 1. The molecule has 1 aliphatic heterocycles. The number of nitrogens with one attached hydrogen (secondary N) is 3. The van der Waals surface area contributed by atoms with Gasteiger partial charge in [0, 0.05) is 12.7 Å². The number of aromatic carboxylic acids is 1. The maximum Gasteiger partial charge on any atom is 0.335 e. The minimum absolute atomic E-state index is 0.0573. The zero-order valence-electron chi connectivity index (χ0n) is 22.0. The molecule has 0 spiro atoms. The average Bonchev–Trinajstić information content (AvgIpc) is 3.59. The standard InChI is InChI=1S/C29H24N6O7/c30-26(37)17-9-24-32-21(27(38)31-11-14-1-6-23-20(7-14)33-25(36)13-42-23)10-22(35(24)12-17)28(39)34-19-5-3-15-8-16(29(40)41)2-4-18(15)19/h1-2,4,6-10,12,19H,3,5,11,13H2,(H2,30,37)(H,31,38)(H,33,36)(H,34,39)(H,40,41)/t19-/m0/s1. The molecule has 4 amide bonds. The van der Waals surface area contributed by atoms with Crippen molar-refractivity contribution in [1.29, 1.82) is 0 Å². The first-order chi connectivity index (χ1) is 20.2. The van der Waals surface area contributed by atoms with Gasteiger partial charge in [-0.15, -0.1) is 0 Å². The third kappa shape index (κ3) is 4.98. The molecule has 6 N–H and O–H groups in total. The number of carboxylic acid groups (broad SMARTS) is 1. The molecule has 13 heteroatoms. The lowest BCUT2D eigenvalue weighted by molar-refractivity contribution is -0.118. The van der Waals surface area contributed by atoms with Crippen LogP contribution in [-0.2, 0) is 17.8 Å². The van der Waals surface area contributed by atoms with E-state index in [2.05, 4.69) is 20.9 Å². The van der Waals surface area contributed by atoms with Crippen molar-refractivity contribution in [2.24, 2.45) is 5.73 Å². The fraction of sp³-hybridized carbons (Fsp3) is 0.172. The molecule has 13 nitrogen and oxygen atoms in total. The van der Waals surface area contributed by atoms with E-state index in [0.29, 0.717) is 29.8 Å². The van der Waals surface area contributed by atoms with Crippen molar-refractivity contribution in [3.8, 4) is 5.75 Å². The van der Waals surface area contributed by atoms with E-state index in [0.717, 1.165) is 11.1 Å². The fourth-order valence-corrected chi connectivity index (χ4v) is 5.16. The second-order valence-corrected chi connectivity index (χ2v) is 9.98. The molecule has 6 rings (SSSR count). The minimum atomic E-state index is -1.03. The molecule has 0 bridgehead atoms. The molecule has 1 atom stereocenters. The minimum Gasteiger partial charge on any atom is -0.482 e. The van der Waals surface area contributed by atoms with Crippen molar-refractivity contribution in [3.05, 3.63) is 93.9 Å². The highest BCUT2D eigenvalue weighted by Crippen LogP contribution is 2.32. The van der Waals surface area contributed by atoms with Gasteiger partial charge in [0.15, 0.2) is 6.61 Å². The summed E-state index contributed by atoms with van der Waals surface area (Å²) in [5.41, 5.74) is 8.75. The molecular weight excluding hydrogens is 544 g/mol. The van der Waals surface area contributed by atoms with E-state index in [1.165, 1.54) is 28.8 Å². The van der Waals surface area contributed by atoms with E-state index < -0.39 is 23.7 Å². The van der Waals surface area contributed by atoms with Gasteiger partial charge in [-0.25, -0.2) is 9.78 Å². The summed E-state index contributed by atoms with van der Waals surface area (Å²) in [6.07, 6.45) is 2.54. The van der Waals surface area contributed by atoms with Crippen LogP contribution in [0.1, 0.15) is 70.8 Å². The Labute approximate surface area is 237 Å². The first-order valence-corrected chi connectivity index (χ1v) is 13.0. The van der Waals surface area contributed by atoms with Crippen LogP contribution in [0.3, 0.4) is 0 Å². The van der Waals surface area contributed by atoms with E-state index in [4.69, 9.17) is 10.5 Å². The SMILES string of the molecule is NC(=O)c1cc2nc(C(=O)NCc3ccc4c(c3)NC(=O)CO4)cc(C(=O)N[C@H]3CCc4cc(C(=O)O)ccc43)n2c1. The largest absolute Gasteiger partial charge is 0.482 e. The zero-order chi connectivity index (χ0) is 29.5. The highest BCUT2D eigenvalue weighted by atomic mass is 16.5. The monoisotopic (exact) mass is 568 g/mol. The summed E-state index contributed by atoms with van der Waals surface area (Å²) in [4.78, 5) is 65.9. The second-order valence-electron chi connectivity index (χ2n) is 9.98. The third-order valence-electron chi connectivity index (χ3n) is 7.22. The summed E-state index contributed by atoms with van der Waals surface area (Å²) in [5.74, 6) is -2.59. The fourth-order valence-electron chi connectivity index (χ4n) is 5.16. The van der Waals surface area contributed by atoms with Crippen molar-refractivity contribution < 1.29 is 33.8 Å². The Morgan fingerprint density at radius 3 is 2.69 bits per heavy atom. The van der Waals surface area contributed by atoms with E-state index in [1.54, 1.807) is 30.3 Å². The number of benzene rings is 2. The number of hydrogen-bond donors (Lipinski definition) is 5. The molecule has 0 radical (unpaired) electrons. The molecule has 0 saturated heterocycles. The predicted molar refractivity (Wildman–Crippen MR) is 147 cm³/mol. The Hall–Kier alpha value is -5.72. The summed E-state index contributed by atoms with van der Waals surface area (Å²) in [6.45, 7) is 0.0321. The molecule has 1 aliphatic carbocycles. The van der Waals surface area contributed by atoms with Crippen LogP contribution in [0.5, 0.6) is 5.75 Å². The van der Waals surface area contributed by atoms with Crippen molar-refractivity contribution in [3.63, 3.8) is 0 Å². The van der Waals surface area contributed by atoms with Crippen molar-refractivity contribution in [2.45, 2.75) is 25.4 Å². The molecule has 0 unspecified atom stereocenters. The third-order valence-corrected chi connectivity index (χ3v) is 7.22. The molecule has 2 aromatic carbocycles. The number of carbonyl (C=O) groups is 5. The van der Waals surface area contributed by atoms with Crippen LogP contribution in [0.2, 0.25) is 0 Å². The van der Waals surface area contributed by atoms with Crippen LogP contribution in [-0.4, -0.2) is 50.7 Å². The van der Waals surface area contributed by atoms with Crippen molar-refractivity contribution in [2.75, 3.05) is 11.9 Å². The van der Waals surface area contributed by atoms with Crippen molar-refractivity contribution >= 4 is 40.9 Å². The molecule has 42 heavy (non-hydrogen) atoms. The highest BCUT2D eigenvalue weighted by Gasteiger charge is 2.27. The van der Waals surface area contributed by atoms with Gasteiger partial charge < -0.3 is 31.5 Å². The summed E-state index contributed by atoms with van der Waals surface area (Å²) in [6, 6.07) is 12.3. The number of aryl methyl sites for hydroxylation is 1. The van der Waals surface area contributed by atoms with E-state index in [-0.39, 0.29) is 53.3 Å². The summed E-state index contributed by atoms with van der Waals surface area (Å²) in [7, 11) is 0. The van der Waals surface area contributed by atoms with Gasteiger partial charge in [-0.05, 0) is 65.9 Å². The van der Waals surface area contributed by atoms with Gasteiger partial charge in [-0.2, -0.15) is 0 Å². The molecular formula is C29H24N6O7. The highest BCUT2D eigenvalue weighted by molar-refractivity contribution is 6.00. The van der Waals surface area contributed by atoms with Crippen LogP contribution >= 0.6 is 0 Å². The van der Waals surface area contributed by atoms with Crippen LogP contribution in [0.25, 0.3) is 5.65 Å². The Morgan fingerprint density at radius 1 is 1.07 bits per heavy atom. The Bertz CT molecular complexity index is 1830. The van der Waals surface area contributed by atoms with E-state index >= 15 is 0 Å². The normalized spacial score (nSPS) is 15.2. The quantitative estimate of drug-likeness (QED) is 0.223. The van der Waals surface area contributed by atoms with Crippen LogP contribution in [0, 0.1) is 0 Å². The first-order valence-electron chi connectivity index (χ1n) is 13.0. The number of aromatic nitrogens is 2. The molecule has 0 saturated carbocycles. The number of rotatable bonds is 7. The number of nitrogens with two attached hydrogens (primary N) is 1. The Kier molecular flexibility index (Phi) is 6.53. The first kappa shape index (κ1) is 26.5. The predicted octanol–water partition coefficient (Wildman–Crippen LogP) is 1.81. The molecule has 2 aromatic heterocycles. The Balaban J connectivity index is 1.26. The molecule has 212 valence electrons. The summed E-state index contributed by atoms with van der Waals surface area (Å²) in [5, 5.41) is 17.7. The van der Waals surface area contributed by atoms with Crippen molar-refractivity contribution in [1.82, 2.24) is 20.0 Å². The lowest BCUT2D eigenvalue weighted by Crippen LogP contribution is -2.30. The Morgan fingerprint density at radius 2 is 1.90 bits per heavy atom. The number of nitrogens with zero attached hydrogens (tertiary/aromatic N) is 2. The number of hydrogen-bond acceptors (Lipinski definition) is 7. The van der Waals surface area contributed by atoms with E-state index in [1.807, 2.05) is 0 Å². The zero-order valence-corrected chi connectivity index (χ0v) is 22.0. The van der Waals surface area contributed by atoms with Gasteiger partial charge in [-0.3, -0.25) is 23.6 Å². The summed E-state index contributed by atoms with van der Waals surface area (Å²) >= 11 is 0. The van der Waals surface area contributed by atoms with Crippen LogP contribution in [0.4, 0.5) is 5.69 Å². The molecule has 2 aliphatic rings. The number of carboxylic acids is 1. The molecule has 4 aromatic rings. The van der Waals surface area contributed by atoms with Gasteiger partial charge in [0.1, 0.15) is 22.8 Å². The number of amides is 4. The topological polar surface area (TPSA) is 194 Å². The maximum atomic E-state index is 13.5. The second kappa shape index (κ2) is 10.4. The summed E-state index contributed by atoms with van der Waals surface area (Å²) < 4.78 is 6.75. The number of carbonyl (C=O) groups excluding carboxylic acids is 4. The number of ether oxygens (including phenoxy) is 1. The van der Waals surface area contributed by atoms with Gasteiger partial charge in [0.05, 0.1) is 22.9 Å². The average molecular weight is 569 g/mol. The van der Waals surface area contributed by atoms with Gasteiger partial charge in [0.2, 0.25) is 5.91 Å².